The summed E-state index contributed by atoms with van der Waals surface area (Å²) in [6, 6.07) is 9.10. The van der Waals surface area contributed by atoms with Gasteiger partial charge in [0, 0.05) is 0 Å². The highest BCUT2D eigenvalue weighted by Gasteiger charge is 2.29. The van der Waals surface area contributed by atoms with E-state index in [0.29, 0.717) is 16.9 Å². The van der Waals surface area contributed by atoms with Gasteiger partial charge in [0.1, 0.15) is 11.6 Å². The Kier molecular flexibility index (Phi) is 4.27. The minimum Gasteiger partial charge on any atom is -0.478 e. The molecular weight excluding hydrogens is 352 g/mol. The van der Waals surface area contributed by atoms with Crippen LogP contribution in [0.2, 0.25) is 0 Å². The molecule has 1 aliphatic carbocycles. The summed E-state index contributed by atoms with van der Waals surface area (Å²) >= 11 is 0. The lowest BCUT2D eigenvalue weighted by atomic mass is 10.0. The van der Waals surface area contributed by atoms with E-state index in [-0.39, 0.29) is 22.9 Å². The normalized spacial score (nSPS) is 13.4. The molecule has 3 aromatic rings. The summed E-state index contributed by atoms with van der Waals surface area (Å²) in [5.41, 5.74) is 1.13. The standard InChI is InChI=1S/C20H15F2N3O2/c21-15-8-7-13(11-5-6-11)18(22)17(15)19-23-9-12(10-24-19)25-16-4-2-1-3-14(16)20(26)27/h1-4,7-11,25H,5-6H2,(H,26,27). The van der Waals surface area contributed by atoms with Crippen LogP contribution in [0.4, 0.5) is 20.2 Å². The number of aromatic nitrogens is 2. The Morgan fingerprint density at radius 1 is 1.07 bits per heavy atom. The second-order valence-corrected chi connectivity index (χ2v) is 6.37. The van der Waals surface area contributed by atoms with Crippen molar-refractivity contribution >= 4 is 17.3 Å². The molecule has 2 aromatic carbocycles. The van der Waals surface area contributed by atoms with Gasteiger partial charge in [0.25, 0.3) is 0 Å². The third kappa shape index (κ3) is 3.36. The van der Waals surface area contributed by atoms with Gasteiger partial charge in [-0.15, -0.1) is 0 Å². The van der Waals surface area contributed by atoms with Gasteiger partial charge in [0.05, 0.1) is 34.9 Å². The number of rotatable bonds is 5. The van der Waals surface area contributed by atoms with Crippen molar-refractivity contribution < 1.29 is 18.7 Å². The maximum Gasteiger partial charge on any atom is 0.337 e. The summed E-state index contributed by atoms with van der Waals surface area (Å²) in [6.07, 6.45) is 4.52. The van der Waals surface area contributed by atoms with Crippen molar-refractivity contribution in [2.45, 2.75) is 18.8 Å². The van der Waals surface area contributed by atoms with Crippen LogP contribution in [0.25, 0.3) is 11.4 Å². The molecule has 1 heterocycles. The maximum absolute atomic E-state index is 14.7. The number of carboxylic acid groups (broad SMARTS) is 1. The molecule has 1 fully saturated rings. The van der Waals surface area contributed by atoms with Crippen molar-refractivity contribution in [3.8, 4) is 11.4 Å². The van der Waals surface area contributed by atoms with Crippen LogP contribution in [0, 0.1) is 11.6 Å². The second kappa shape index (κ2) is 6.75. The Balaban J connectivity index is 1.64. The number of halogens is 2. The zero-order valence-electron chi connectivity index (χ0n) is 14.1. The monoisotopic (exact) mass is 367 g/mol. The van der Waals surface area contributed by atoms with Crippen molar-refractivity contribution in [1.82, 2.24) is 9.97 Å². The van der Waals surface area contributed by atoms with Crippen molar-refractivity contribution in [3.63, 3.8) is 0 Å². The molecule has 1 saturated carbocycles. The minimum atomic E-state index is -1.07. The fourth-order valence-electron chi connectivity index (χ4n) is 2.94. The first-order valence-corrected chi connectivity index (χ1v) is 8.44. The van der Waals surface area contributed by atoms with Crippen molar-refractivity contribution in [2.24, 2.45) is 0 Å². The third-order valence-corrected chi connectivity index (χ3v) is 4.45. The molecule has 2 N–H and O–H groups in total. The van der Waals surface area contributed by atoms with E-state index >= 15 is 0 Å². The van der Waals surface area contributed by atoms with Gasteiger partial charge >= 0.3 is 5.97 Å². The summed E-state index contributed by atoms with van der Waals surface area (Å²) in [6.45, 7) is 0. The first-order chi connectivity index (χ1) is 13.0. The highest BCUT2D eigenvalue weighted by molar-refractivity contribution is 5.95. The maximum atomic E-state index is 14.7. The van der Waals surface area contributed by atoms with Gasteiger partial charge in [0.2, 0.25) is 0 Å². The number of para-hydroxylation sites is 1. The number of hydrogen-bond donors (Lipinski definition) is 2. The molecule has 0 aliphatic heterocycles. The molecule has 27 heavy (non-hydrogen) atoms. The van der Waals surface area contributed by atoms with Gasteiger partial charge in [-0.05, 0) is 42.5 Å². The first kappa shape index (κ1) is 17.1. The van der Waals surface area contributed by atoms with Gasteiger partial charge in [0.15, 0.2) is 5.82 Å². The van der Waals surface area contributed by atoms with Crippen LogP contribution >= 0.6 is 0 Å². The summed E-state index contributed by atoms with van der Waals surface area (Å²) in [5.74, 6) is -2.32. The Hall–Kier alpha value is -3.35. The lowest BCUT2D eigenvalue weighted by molar-refractivity contribution is 0.0698. The van der Waals surface area contributed by atoms with E-state index in [9.17, 15) is 18.7 Å². The van der Waals surface area contributed by atoms with Crippen LogP contribution < -0.4 is 5.32 Å². The van der Waals surface area contributed by atoms with E-state index < -0.39 is 17.6 Å². The fourth-order valence-corrected chi connectivity index (χ4v) is 2.94. The zero-order valence-corrected chi connectivity index (χ0v) is 14.1. The number of carboxylic acids is 1. The lowest BCUT2D eigenvalue weighted by Crippen LogP contribution is -2.04. The third-order valence-electron chi connectivity index (χ3n) is 4.45. The van der Waals surface area contributed by atoms with Gasteiger partial charge in [-0.25, -0.2) is 23.5 Å². The highest BCUT2D eigenvalue weighted by Crippen LogP contribution is 2.43. The number of anilines is 2. The first-order valence-electron chi connectivity index (χ1n) is 8.44. The van der Waals surface area contributed by atoms with E-state index in [1.807, 2.05) is 0 Å². The molecule has 0 bridgehead atoms. The zero-order chi connectivity index (χ0) is 19.0. The number of nitrogens with one attached hydrogen (secondary N) is 1. The number of benzene rings is 2. The van der Waals surface area contributed by atoms with Crippen LogP contribution in [0.3, 0.4) is 0 Å². The Labute approximate surface area is 153 Å². The lowest BCUT2D eigenvalue weighted by Gasteiger charge is -2.11. The summed E-state index contributed by atoms with van der Waals surface area (Å²) < 4.78 is 28.9. The minimum absolute atomic E-state index is 0.0513. The highest BCUT2D eigenvalue weighted by atomic mass is 19.1. The predicted octanol–water partition coefficient (Wildman–Crippen LogP) is 4.74. The molecule has 1 aliphatic rings. The van der Waals surface area contributed by atoms with E-state index in [0.717, 1.165) is 12.8 Å². The molecule has 136 valence electrons. The van der Waals surface area contributed by atoms with E-state index in [1.54, 1.807) is 18.2 Å². The average molecular weight is 367 g/mol. The Morgan fingerprint density at radius 2 is 1.78 bits per heavy atom. The summed E-state index contributed by atoms with van der Waals surface area (Å²) in [5, 5.41) is 12.1. The molecule has 0 amide bonds. The van der Waals surface area contributed by atoms with E-state index in [2.05, 4.69) is 15.3 Å². The predicted molar refractivity (Wildman–Crippen MR) is 96.0 cm³/mol. The molecule has 0 radical (unpaired) electrons. The molecule has 5 nitrogen and oxygen atoms in total. The van der Waals surface area contributed by atoms with Crippen molar-refractivity contribution in [3.05, 3.63) is 71.6 Å². The molecular formula is C20H15F2N3O2. The van der Waals surface area contributed by atoms with Crippen molar-refractivity contribution in [2.75, 3.05) is 5.32 Å². The van der Waals surface area contributed by atoms with Gasteiger partial charge in [-0.3, -0.25) is 0 Å². The van der Waals surface area contributed by atoms with Gasteiger partial charge in [-0.1, -0.05) is 18.2 Å². The molecule has 0 spiro atoms. The van der Waals surface area contributed by atoms with E-state index in [1.165, 1.54) is 30.6 Å². The number of hydrogen-bond acceptors (Lipinski definition) is 4. The SMILES string of the molecule is O=C(O)c1ccccc1Nc1cnc(-c2c(F)ccc(C3CC3)c2F)nc1. The quantitative estimate of drug-likeness (QED) is 0.681. The largest absolute Gasteiger partial charge is 0.478 e. The molecule has 7 heteroatoms. The smallest absolute Gasteiger partial charge is 0.337 e. The molecule has 1 aromatic heterocycles. The molecule has 4 rings (SSSR count). The Morgan fingerprint density at radius 3 is 2.44 bits per heavy atom. The molecule has 0 unspecified atom stereocenters. The fraction of sp³-hybridized carbons (Fsp3) is 0.150. The topological polar surface area (TPSA) is 75.1 Å². The number of carbonyl (C=O) groups is 1. The number of nitrogens with zero attached hydrogens (tertiary/aromatic N) is 2. The van der Waals surface area contributed by atoms with Gasteiger partial charge in [-0.2, -0.15) is 0 Å². The van der Waals surface area contributed by atoms with Crippen LogP contribution in [0.15, 0.2) is 48.8 Å². The second-order valence-electron chi connectivity index (χ2n) is 6.37. The van der Waals surface area contributed by atoms with E-state index in [4.69, 9.17) is 0 Å². The van der Waals surface area contributed by atoms with Crippen LogP contribution in [0.5, 0.6) is 0 Å². The van der Waals surface area contributed by atoms with Gasteiger partial charge < -0.3 is 10.4 Å². The number of aromatic carboxylic acids is 1. The molecule has 0 saturated heterocycles. The average Bonchev–Trinajstić information content (AvgIpc) is 3.48. The van der Waals surface area contributed by atoms with Crippen LogP contribution in [0.1, 0.15) is 34.7 Å². The van der Waals surface area contributed by atoms with Crippen LogP contribution in [-0.4, -0.2) is 21.0 Å². The summed E-state index contributed by atoms with van der Waals surface area (Å²) in [7, 11) is 0. The Bertz CT molecular complexity index is 1020. The summed E-state index contributed by atoms with van der Waals surface area (Å²) in [4.78, 5) is 19.4. The van der Waals surface area contributed by atoms with Crippen LogP contribution in [-0.2, 0) is 0 Å². The van der Waals surface area contributed by atoms with Crippen molar-refractivity contribution in [1.29, 1.82) is 0 Å². The molecule has 0 atom stereocenters.